The Bertz CT molecular complexity index is 532. The van der Waals surface area contributed by atoms with Crippen molar-refractivity contribution in [2.45, 2.75) is 38.8 Å². The van der Waals surface area contributed by atoms with Crippen LogP contribution in [0.5, 0.6) is 0 Å². The van der Waals surface area contributed by atoms with Gasteiger partial charge >= 0.3 is 12.0 Å². The van der Waals surface area contributed by atoms with Crippen molar-refractivity contribution >= 4 is 27.9 Å². The number of benzene rings is 1. The molecule has 21 heavy (non-hydrogen) atoms. The van der Waals surface area contributed by atoms with E-state index < -0.39 is 11.4 Å². The van der Waals surface area contributed by atoms with Gasteiger partial charge in [-0.2, -0.15) is 0 Å². The number of aliphatic carboxylic acids is 1. The molecule has 2 amide bonds. The number of hydrogen-bond donors (Lipinski definition) is 3. The van der Waals surface area contributed by atoms with Crippen molar-refractivity contribution in [2.24, 2.45) is 5.41 Å². The summed E-state index contributed by atoms with van der Waals surface area (Å²) in [5.74, 6) is -0.849. The molecule has 1 fully saturated rings. The lowest BCUT2D eigenvalue weighted by atomic mass is 9.85. The molecule has 1 aromatic carbocycles. The molecule has 1 aliphatic rings. The molecule has 1 aliphatic carbocycles. The van der Waals surface area contributed by atoms with E-state index in [0.717, 1.165) is 16.5 Å². The molecule has 2 rings (SSSR count). The number of amides is 2. The number of halogens is 1. The number of carboxylic acids is 1. The topological polar surface area (TPSA) is 78.4 Å². The van der Waals surface area contributed by atoms with E-state index >= 15 is 0 Å². The van der Waals surface area contributed by atoms with E-state index in [0.29, 0.717) is 19.4 Å². The number of carboxylic acid groups (broad SMARTS) is 1. The van der Waals surface area contributed by atoms with Crippen LogP contribution in [0.4, 0.5) is 4.79 Å². The van der Waals surface area contributed by atoms with Gasteiger partial charge in [-0.05, 0) is 37.5 Å². The lowest BCUT2D eigenvalue weighted by Crippen LogP contribution is -2.50. The van der Waals surface area contributed by atoms with Crippen LogP contribution in [0.2, 0.25) is 0 Å². The summed E-state index contributed by atoms with van der Waals surface area (Å²) >= 11 is 3.35. The van der Waals surface area contributed by atoms with E-state index in [1.54, 1.807) is 6.92 Å². The van der Waals surface area contributed by atoms with Crippen LogP contribution in [0, 0.1) is 5.41 Å². The summed E-state index contributed by atoms with van der Waals surface area (Å²) in [4.78, 5) is 23.3. The third-order valence-corrected chi connectivity index (χ3v) is 4.65. The first kappa shape index (κ1) is 15.8. The van der Waals surface area contributed by atoms with Gasteiger partial charge < -0.3 is 15.7 Å². The van der Waals surface area contributed by atoms with Gasteiger partial charge in [-0.3, -0.25) is 4.79 Å². The highest BCUT2D eigenvalue weighted by Gasteiger charge is 2.45. The Morgan fingerprint density at radius 2 is 2.05 bits per heavy atom. The Kier molecular flexibility index (Phi) is 4.88. The zero-order valence-electron chi connectivity index (χ0n) is 11.9. The van der Waals surface area contributed by atoms with Gasteiger partial charge in [0, 0.05) is 17.1 Å². The van der Waals surface area contributed by atoms with Crippen molar-refractivity contribution in [3.05, 3.63) is 34.3 Å². The molecule has 0 saturated heterocycles. The van der Waals surface area contributed by atoms with E-state index in [2.05, 4.69) is 26.6 Å². The molecule has 2 atom stereocenters. The summed E-state index contributed by atoms with van der Waals surface area (Å²) in [6.07, 6.45) is 2.12. The molecule has 0 aromatic heterocycles. The van der Waals surface area contributed by atoms with Crippen molar-refractivity contribution in [1.82, 2.24) is 10.6 Å². The van der Waals surface area contributed by atoms with E-state index in [1.807, 2.05) is 24.3 Å². The standard InChI is InChI=1S/C15H19BrN2O3/c1-15(13(19)20)8-2-3-12(15)18-14(21)17-9-10-4-6-11(16)7-5-10/h4-7,12H,2-3,8-9H2,1H3,(H,19,20)(H2,17,18,21). The fourth-order valence-corrected chi connectivity index (χ4v) is 2.91. The van der Waals surface area contributed by atoms with Crippen LogP contribution in [-0.2, 0) is 11.3 Å². The quantitative estimate of drug-likeness (QED) is 0.777. The van der Waals surface area contributed by atoms with Crippen LogP contribution in [0.3, 0.4) is 0 Å². The second-order valence-electron chi connectivity index (χ2n) is 5.62. The first-order valence-corrected chi connectivity index (χ1v) is 7.73. The lowest BCUT2D eigenvalue weighted by molar-refractivity contribution is -0.148. The molecule has 1 saturated carbocycles. The summed E-state index contributed by atoms with van der Waals surface area (Å²) in [6, 6.07) is 7.01. The smallest absolute Gasteiger partial charge is 0.315 e. The van der Waals surface area contributed by atoms with Crippen LogP contribution in [0.15, 0.2) is 28.7 Å². The number of carbonyl (C=O) groups excluding carboxylic acids is 1. The monoisotopic (exact) mass is 354 g/mol. The molecule has 0 heterocycles. The predicted molar refractivity (Wildman–Crippen MR) is 82.9 cm³/mol. The highest BCUT2D eigenvalue weighted by atomic mass is 79.9. The molecule has 0 aliphatic heterocycles. The van der Waals surface area contributed by atoms with Crippen molar-refractivity contribution in [3.63, 3.8) is 0 Å². The fraction of sp³-hybridized carbons (Fsp3) is 0.467. The predicted octanol–water partition coefficient (Wildman–Crippen LogP) is 2.89. The van der Waals surface area contributed by atoms with Gasteiger partial charge in [-0.25, -0.2) is 4.79 Å². The number of nitrogens with one attached hydrogen (secondary N) is 2. The second-order valence-corrected chi connectivity index (χ2v) is 6.54. The molecule has 0 bridgehead atoms. The molecule has 0 spiro atoms. The SMILES string of the molecule is CC1(C(=O)O)CCCC1NC(=O)NCc1ccc(Br)cc1. The number of carbonyl (C=O) groups is 2. The van der Waals surface area contributed by atoms with Gasteiger partial charge in [0.15, 0.2) is 0 Å². The summed E-state index contributed by atoms with van der Waals surface area (Å²) in [6.45, 7) is 2.11. The van der Waals surface area contributed by atoms with Gasteiger partial charge in [0.1, 0.15) is 0 Å². The van der Waals surface area contributed by atoms with Crippen LogP contribution in [-0.4, -0.2) is 23.1 Å². The van der Waals surface area contributed by atoms with E-state index in [-0.39, 0.29) is 12.1 Å². The minimum Gasteiger partial charge on any atom is -0.481 e. The van der Waals surface area contributed by atoms with E-state index in [4.69, 9.17) is 0 Å². The largest absolute Gasteiger partial charge is 0.481 e. The minimum absolute atomic E-state index is 0.320. The summed E-state index contributed by atoms with van der Waals surface area (Å²) in [5.41, 5.74) is 0.121. The third kappa shape index (κ3) is 3.75. The number of urea groups is 1. The van der Waals surface area contributed by atoms with E-state index in [9.17, 15) is 14.7 Å². The van der Waals surface area contributed by atoms with Crippen molar-refractivity contribution < 1.29 is 14.7 Å². The van der Waals surface area contributed by atoms with Crippen molar-refractivity contribution in [3.8, 4) is 0 Å². The van der Waals surface area contributed by atoms with Gasteiger partial charge in [-0.1, -0.05) is 34.5 Å². The molecule has 114 valence electrons. The van der Waals surface area contributed by atoms with Gasteiger partial charge in [0.05, 0.1) is 5.41 Å². The number of rotatable bonds is 4. The second kappa shape index (κ2) is 6.47. The molecule has 5 nitrogen and oxygen atoms in total. The van der Waals surface area contributed by atoms with Crippen LogP contribution in [0.1, 0.15) is 31.7 Å². The van der Waals surface area contributed by atoms with E-state index in [1.165, 1.54) is 0 Å². The van der Waals surface area contributed by atoms with Crippen molar-refractivity contribution in [2.75, 3.05) is 0 Å². The maximum Gasteiger partial charge on any atom is 0.315 e. The zero-order valence-corrected chi connectivity index (χ0v) is 13.4. The average molecular weight is 355 g/mol. The maximum absolute atomic E-state index is 11.9. The summed E-state index contributed by atoms with van der Waals surface area (Å²) < 4.78 is 0.985. The Balaban J connectivity index is 1.87. The number of hydrogen-bond acceptors (Lipinski definition) is 2. The first-order chi connectivity index (χ1) is 9.91. The van der Waals surface area contributed by atoms with Crippen LogP contribution < -0.4 is 10.6 Å². The van der Waals surface area contributed by atoms with Crippen LogP contribution >= 0.6 is 15.9 Å². The Morgan fingerprint density at radius 3 is 2.67 bits per heavy atom. The van der Waals surface area contributed by atoms with Crippen molar-refractivity contribution in [1.29, 1.82) is 0 Å². The molecular weight excluding hydrogens is 336 g/mol. The maximum atomic E-state index is 11.9. The Labute approximate surface area is 132 Å². The van der Waals surface area contributed by atoms with Crippen LogP contribution in [0.25, 0.3) is 0 Å². The van der Waals surface area contributed by atoms with Gasteiger partial charge in [-0.15, -0.1) is 0 Å². The average Bonchev–Trinajstić information content (AvgIpc) is 2.81. The Morgan fingerprint density at radius 1 is 1.38 bits per heavy atom. The molecule has 6 heteroatoms. The molecule has 3 N–H and O–H groups in total. The zero-order chi connectivity index (χ0) is 15.5. The molecular formula is C15H19BrN2O3. The highest BCUT2D eigenvalue weighted by Crippen LogP contribution is 2.38. The molecule has 2 unspecified atom stereocenters. The summed E-state index contributed by atoms with van der Waals surface area (Å²) in [5, 5.41) is 14.9. The molecule has 1 aromatic rings. The fourth-order valence-electron chi connectivity index (χ4n) is 2.65. The van der Waals surface area contributed by atoms with Gasteiger partial charge in [0.25, 0.3) is 0 Å². The van der Waals surface area contributed by atoms with Gasteiger partial charge in [0.2, 0.25) is 0 Å². The third-order valence-electron chi connectivity index (χ3n) is 4.12. The summed E-state index contributed by atoms with van der Waals surface area (Å²) in [7, 11) is 0. The Hall–Kier alpha value is -1.56. The lowest BCUT2D eigenvalue weighted by Gasteiger charge is -2.27. The molecule has 0 radical (unpaired) electrons. The minimum atomic E-state index is -0.866. The normalized spacial score (nSPS) is 24.6. The first-order valence-electron chi connectivity index (χ1n) is 6.94. The highest BCUT2D eigenvalue weighted by molar-refractivity contribution is 9.10.